The summed E-state index contributed by atoms with van der Waals surface area (Å²) in [5.41, 5.74) is 1.31. The molecule has 1 fully saturated rings. The second-order valence-corrected chi connectivity index (χ2v) is 7.57. The summed E-state index contributed by atoms with van der Waals surface area (Å²) in [7, 11) is 0. The van der Waals surface area contributed by atoms with Crippen molar-refractivity contribution >= 4 is 6.09 Å². The van der Waals surface area contributed by atoms with Crippen LogP contribution in [0.15, 0.2) is 6.07 Å². The van der Waals surface area contributed by atoms with E-state index >= 15 is 0 Å². The summed E-state index contributed by atoms with van der Waals surface area (Å²) in [6.45, 7) is 14.4. The Balaban J connectivity index is 1.99. The van der Waals surface area contributed by atoms with E-state index in [0.29, 0.717) is 19.7 Å². The number of rotatable bonds is 5. The third-order valence-corrected chi connectivity index (χ3v) is 4.42. The summed E-state index contributed by atoms with van der Waals surface area (Å²) in [6, 6.07) is 2.06. The highest BCUT2D eigenvalue weighted by Crippen LogP contribution is 2.31. The predicted octanol–water partition coefficient (Wildman–Crippen LogP) is 3.52. The number of aromatic nitrogens is 2. The van der Waals surface area contributed by atoms with Crippen LogP contribution in [-0.4, -0.2) is 45.1 Å². The van der Waals surface area contributed by atoms with E-state index in [1.165, 1.54) is 0 Å². The number of likely N-dealkylation sites (tertiary alicyclic amines) is 1. The molecule has 1 atom stereocenters. The van der Waals surface area contributed by atoms with Crippen molar-refractivity contribution in [3.63, 3.8) is 0 Å². The SMILES string of the molecule is CCn1nc(C)cc1COC1(CC)CCN(C(=O)OC(C)(C)C)C1. The van der Waals surface area contributed by atoms with E-state index in [-0.39, 0.29) is 11.7 Å². The topological polar surface area (TPSA) is 56.6 Å². The number of aryl methyl sites for hydroxylation is 2. The van der Waals surface area contributed by atoms with Gasteiger partial charge in [-0.05, 0) is 53.5 Å². The zero-order chi connectivity index (χ0) is 18.0. The Labute approximate surface area is 145 Å². The third-order valence-electron chi connectivity index (χ3n) is 4.42. The smallest absolute Gasteiger partial charge is 0.410 e. The van der Waals surface area contributed by atoms with Crippen molar-refractivity contribution in [2.45, 2.75) is 78.7 Å². The number of amides is 1. The molecule has 1 aromatic rings. The van der Waals surface area contributed by atoms with Gasteiger partial charge in [0.15, 0.2) is 0 Å². The molecular weight excluding hydrogens is 306 g/mol. The molecule has 0 bridgehead atoms. The lowest BCUT2D eigenvalue weighted by atomic mass is 10.00. The molecule has 0 radical (unpaired) electrons. The third kappa shape index (κ3) is 4.50. The van der Waals surface area contributed by atoms with E-state index < -0.39 is 5.60 Å². The second kappa shape index (κ2) is 7.13. The molecule has 24 heavy (non-hydrogen) atoms. The maximum absolute atomic E-state index is 12.3. The molecule has 1 aliphatic heterocycles. The number of hydrogen-bond acceptors (Lipinski definition) is 4. The van der Waals surface area contributed by atoms with Crippen molar-refractivity contribution in [2.75, 3.05) is 13.1 Å². The van der Waals surface area contributed by atoms with E-state index in [2.05, 4.69) is 25.0 Å². The van der Waals surface area contributed by atoms with Gasteiger partial charge in [-0.25, -0.2) is 4.79 Å². The highest BCUT2D eigenvalue weighted by molar-refractivity contribution is 5.68. The maximum Gasteiger partial charge on any atom is 0.410 e. The summed E-state index contributed by atoms with van der Waals surface area (Å²) >= 11 is 0. The van der Waals surface area contributed by atoms with Crippen LogP contribution in [0.25, 0.3) is 0 Å². The van der Waals surface area contributed by atoms with E-state index in [0.717, 1.165) is 30.8 Å². The molecule has 0 aromatic carbocycles. The van der Waals surface area contributed by atoms with Crippen LogP contribution in [0, 0.1) is 6.92 Å². The van der Waals surface area contributed by atoms with Crippen LogP contribution in [0.4, 0.5) is 4.79 Å². The van der Waals surface area contributed by atoms with Gasteiger partial charge in [-0.1, -0.05) is 6.92 Å². The Kier molecular flexibility index (Phi) is 5.58. The van der Waals surface area contributed by atoms with E-state index in [1.807, 2.05) is 32.4 Å². The fourth-order valence-corrected chi connectivity index (χ4v) is 3.05. The Bertz CT molecular complexity index is 577. The number of hydrogen-bond donors (Lipinski definition) is 0. The first kappa shape index (κ1) is 18.8. The van der Waals surface area contributed by atoms with Gasteiger partial charge >= 0.3 is 6.09 Å². The van der Waals surface area contributed by atoms with Crippen LogP contribution >= 0.6 is 0 Å². The molecule has 1 unspecified atom stereocenters. The number of carbonyl (C=O) groups is 1. The minimum atomic E-state index is -0.472. The van der Waals surface area contributed by atoms with Crippen LogP contribution in [-0.2, 0) is 22.6 Å². The van der Waals surface area contributed by atoms with Crippen molar-refractivity contribution in [3.8, 4) is 0 Å². The number of carbonyl (C=O) groups excluding carboxylic acids is 1. The molecular formula is C18H31N3O3. The molecule has 6 nitrogen and oxygen atoms in total. The van der Waals surface area contributed by atoms with E-state index in [4.69, 9.17) is 9.47 Å². The largest absolute Gasteiger partial charge is 0.444 e. The van der Waals surface area contributed by atoms with E-state index in [1.54, 1.807) is 4.90 Å². The van der Waals surface area contributed by atoms with Gasteiger partial charge in [0.05, 0.1) is 30.1 Å². The molecule has 2 heterocycles. The van der Waals surface area contributed by atoms with Gasteiger partial charge in [0.25, 0.3) is 0 Å². The molecule has 1 saturated heterocycles. The molecule has 0 aliphatic carbocycles. The lowest BCUT2D eigenvalue weighted by molar-refractivity contribution is -0.0550. The number of nitrogens with zero attached hydrogens (tertiary/aromatic N) is 3. The van der Waals surface area contributed by atoms with Crippen molar-refractivity contribution in [1.82, 2.24) is 14.7 Å². The molecule has 136 valence electrons. The van der Waals surface area contributed by atoms with Crippen molar-refractivity contribution in [1.29, 1.82) is 0 Å². The number of ether oxygens (including phenoxy) is 2. The summed E-state index contributed by atoms with van der Waals surface area (Å²) in [6.07, 6.45) is 1.45. The molecule has 0 N–H and O–H groups in total. The second-order valence-electron chi connectivity index (χ2n) is 7.57. The summed E-state index contributed by atoms with van der Waals surface area (Å²) in [5, 5.41) is 4.46. The highest BCUT2D eigenvalue weighted by Gasteiger charge is 2.41. The molecule has 1 aromatic heterocycles. The molecule has 6 heteroatoms. The van der Waals surface area contributed by atoms with Crippen molar-refractivity contribution < 1.29 is 14.3 Å². The standard InChI is InChI=1S/C18H31N3O3/c1-7-18(23-12-15-11-14(3)19-21(15)8-2)9-10-20(13-18)16(22)24-17(4,5)6/h11H,7-10,12-13H2,1-6H3. The zero-order valence-electron chi connectivity index (χ0n) is 15.9. The fourth-order valence-electron chi connectivity index (χ4n) is 3.05. The van der Waals surface area contributed by atoms with Gasteiger partial charge in [-0.2, -0.15) is 5.10 Å². The molecule has 2 rings (SSSR count). The van der Waals surface area contributed by atoms with Crippen LogP contribution < -0.4 is 0 Å². The van der Waals surface area contributed by atoms with Crippen molar-refractivity contribution in [3.05, 3.63) is 17.5 Å². The quantitative estimate of drug-likeness (QED) is 0.825. The normalized spacial score (nSPS) is 21.3. The highest BCUT2D eigenvalue weighted by atomic mass is 16.6. The van der Waals surface area contributed by atoms with Crippen LogP contribution in [0.1, 0.15) is 58.8 Å². The lowest BCUT2D eigenvalue weighted by Crippen LogP contribution is -2.40. The van der Waals surface area contributed by atoms with Gasteiger partial charge in [0.2, 0.25) is 0 Å². The Morgan fingerprint density at radius 3 is 2.67 bits per heavy atom. The van der Waals surface area contributed by atoms with Crippen LogP contribution in [0.5, 0.6) is 0 Å². The van der Waals surface area contributed by atoms with Crippen LogP contribution in [0.2, 0.25) is 0 Å². The first-order valence-electron chi connectivity index (χ1n) is 8.83. The minimum absolute atomic E-state index is 0.254. The van der Waals surface area contributed by atoms with Gasteiger partial charge in [0.1, 0.15) is 5.60 Å². The average molecular weight is 337 g/mol. The average Bonchev–Trinajstić information content (AvgIpc) is 3.07. The monoisotopic (exact) mass is 337 g/mol. The molecule has 0 saturated carbocycles. The summed E-state index contributed by atoms with van der Waals surface area (Å²) in [4.78, 5) is 14.0. The molecule has 1 aliphatic rings. The lowest BCUT2D eigenvalue weighted by Gasteiger charge is -2.29. The van der Waals surface area contributed by atoms with Gasteiger partial charge in [-0.15, -0.1) is 0 Å². The Morgan fingerprint density at radius 2 is 2.08 bits per heavy atom. The van der Waals surface area contributed by atoms with Crippen molar-refractivity contribution in [2.24, 2.45) is 0 Å². The fraction of sp³-hybridized carbons (Fsp3) is 0.778. The first-order chi connectivity index (χ1) is 11.2. The van der Waals surface area contributed by atoms with Crippen LogP contribution in [0.3, 0.4) is 0 Å². The molecule has 1 amide bonds. The summed E-state index contributed by atoms with van der Waals surface area (Å²) < 4.78 is 13.7. The Morgan fingerprint density at radius 1 is 1.38 bits per heavy atom. The van der Waals surface area contributed by atoms with Gasteiger partial charge < -0.3 is 14.4 Å². The zero-order valence-corrected chi connectivity index (χ0v) is 15.9. The van der Waals surface area contributed by atoms with E-state index in [9.17, 15) is 4.79 Å². The van der Waals surface area contributed by atoms with Gasteiger partial charge in [-0.3, -0.25) is 4.68 Å². The predicted molar refractivity (Wildman–Crippen MR) is 92.9 cm³/mol. The Hall–Kier alpha value is -1.56. The molecule has 0 spiro atoms. The first-order valence-corrected chi connectivity index (χ1v) is 8.83. The van der Waals surface area contributed by atoms with Gasteiger partial charge in [0, 0.05) is 13.1 Å². The summed E-state index contributed by atoms with van der Waals surface area (Å²) in [5.74, 6) is 0. The minimum Gasteiger partial charge on any atom is -0.444 e. The maximum atomic E-state index is 12.3.